The number of fused-ring (bicyclic) bond motifs is 1. The smallest absolute Gasteiger partial charge is 0.159 e. The number of hydrogen-bond donors (Lipinski definition) is 0. The van der Waals surface area contributed by atoms with Gasteiger partial charge in [0.2, 0.25) is 0 Å². The highest BCUT2D eigenvalue weighted by molar-refractivity contribution is 5.83. The third kappa shape index (κ3) is 1.50. The van der Waals surface area contributed by atoms with E-state index in [0.717, 1.165) is 23.0 Å². The highest BCUT2D eigenvalue weighted by Gasteiger charge is 2.24. The molecule has 2 heterocycles. The van der Waals surface area contributed by atoms with Gasteiger partial charge in [-0.05, 0) is 31.0 Å². The molecule has 0 atom stereocenters. The number of carbonyl (C=O) groups is 1. The van der Waals surface area contributed by atoms with Gasteiger partial charge >= 0.3 is 0 Å². The second kappa shape index (κ2) is 3.12. The molecule has 0 aliphatic heterocycles. The molecule has 1 aliphatic carbocycles. The van der Waals surface area contributed by atoms with Crippen LogP contribution in [0.4, 0.5) is 0 Å². The fraction of sp³-hybridized carbons (Fsp3) is 0.250. The lowest BCUT2D eigenvalue weighted by Gasteiger charge is -2.00. The van der Waals surface area contributed by atoms with Crippen LogP contribution >= 0.6 is 0 Å². The maximum Gasteiger partial charge on any atom is 0.159 e. The van der Waals surface area contributed by atoms with E-state index in [1.165, 1.54) is 12.8 Å². The van der Waals surface area contributed by atoms with Gasteiger partial charge in [-0.15, -0.1) is 0 Å². The average molecular weight is 198 g/mol. The Morgan fingerprint density at radius 1 is 1.33 bits per heavy atom. The number of rotatable bonds is 2. The first-order valence-electron chi connectivity index (χ1n) is 5.09. The zero-order valence-electron chi connectivity index (χ0n) is 8.18. The van der Waals surface area contributed by atoms with E-state index in [-0.39, 0.29) is 0 Å². The molecule has 0 amide bonds. The molecule has 74 valence electrons. The summed E-state index contributed by atoms with van der Waals surface area (Å²) < 4.78 is 0. The number of carbonyl (C=O) groups excluding carboxylic acids is 1. The Morgan fingerprint density at radius 3 is 2.93 bits per heavy atom. The lowest BCUT2D eigenvalue weighted by Crippen LogP contribution is -1.91. The van der Waals surface area contributed by atoms with Gasteiger partial charge in [-0.1, -0.05) is 0 Å². The summed E-state index contributed by atoms with van der Waals surface area (Å²) in [4.78, 5) is 19.2. The van der Waals surface area contributed by atoms with Gasteiger partial charge in [0.05, 0.1) is 0 Å². The summed E-state index contributed by atoms with van der Waals surface area (Å²) >= 11 is 0. The zero-order chi connectivity index (χ0) is 10.3. The number of nitrogens with zero attached hydrogens (tertiary/aromatic N) is 2. The topological polar surface area (TPSA) is 42.9 Å². The molecule has 2 aromatic heterocycles. The van der Waals surface area contributed by atoms with Crippen molar-refractivity contribution in [2.24, 2.45) is 0 Å². The van der Waals surface area contributed by atoms with E-state index in [1.54, 1.807) is 6.20 Å². The molecule has 0 bridgehead atoms. The fourth-order valence-corrected chi connectivity index (χ4v) is 1.71. The summed E-state index contributed by atoms with van der Waals surface area (Å²) in [5, 5.41) is 0.934. The number of aldehydes is 1. The molecule has 0 saturated heterocycles. The molecule has 0 N–H and O–H groups in total. The van der Waals surface area contributed by atoms with E-state index in [4.69, 9.17) is 0 Å². The summed E-state index contributed by atoms with van der Waals surface area (Å²) in [5.74, 6) is 0.641. The Balaban J connectivity index is 2.15. The van der Waals surface area contributed by atoms with Crippen molar-refractivity contribution in [2.45, 2.75) is 18.8 Å². The van der Waals surface area contributed by atoms with Gasteiger partial charge in [-0.2, -0.15) is 0 Å². The number of aromatic nitrogens is 2. The molecule has 0 unspecified atom stereocenters. The first kappa shape index (κ1) is 8.53. The average Bonchev–Trinajstić information content (AvgIpc) is 3.11. The lowest BCUT2D eigenvalue weighted by molar-refractivity contribution is 0.112. The van der Waals surface area contributed by atoms with Gasteiger partial charge in [0.25, 0.3) is 0 Å². The van der Waals surface area contributed by atoms with Gasteiger partial charge in [-0.3, -0.25) is 4.79 Å². The van der Waals surface area contributed by atoms with Crippen molar-refractivity contribution in [3.8, 4) is 0 Å². The third-order valence-electron chi connectivity index (χ3n) is 2.72. The highest BCUT2D eigenvalue weighted by atomic mass is 16.1. The van der Waals surface area contributed by atoms with Crippen LogP contribution in [0, 0.1) is 0 Å². The Kier molecular flexibility index (Phi) is 1.78. The van der Waals surface area contributed by atoms with E-state index < -0.39 is 0 Å². The maximum absolute atomic E-state index is 10.6. The zero-order valence-corrected chi connectivity index (χ0v) is 8.18. The van der Waals surface area contributed by atoms with Crippen molar-refractivity contribution < 1.29 is 4.79 Å². The van der Waals surface area contributed by atoms with Crippen LogP contribution in [0.2, 0.25) is 0 Å². The maximum atomic E-state index is 10.6. The molecule has 0 spiro atoms. The van der Waals surface area contributed by atoms with E-state index in [9.17, 15) is 4.79 Å². The quantitative estimate of drug-likeness (QED) is 0.695. The summed E-state index contributed by atoms with van der Waals surface area (Å²) in [7, 11) is 0. The SMILES string of the molecule is O=Cc1cnc2nc(C3CC3)ccc2c1. The van der Waals surface area contributed by atoms with Crippen molar-refractivity contribution in [1.82, 2.24) is 9.97 Å². The minimum Gasteiger partial charge on any atom is -0.298 e. The third-order valence-corrected chi connectivity index (χ3v) is 2.72. The molecule has 1 aliphatic rings. The summed E-state index contributed by atoms with van der Waals surface area (Å²) in [5.41, 5.74) is 2.47. The van der Waals surface area contributed by atoms with Crippen LogP contribution < -0.4 is 0 Å². The predicted molar refractivity (Wildman–Crippen MR) is 56.9 cm³/mol. The Labute approximate surface area is 87.2 Å². The second-order valence-electron chi connectivity index (χ2n) is 3.94. The molecule has 1 saturated carbocycles. The second-order valence-corrected chi connectivity index (χ2v) is 3.94. The summed E-state index contributed by atoms with van der Waals surface area (Å²) in [6, 6.07) is 5.85. The van der Waals surface area contributed by atoms with E-state index in [1.807, 2.05) is 18.2 Å². The molecule has 2 aromatic rings. The van der Waals surface area contributed by atoms with Crippen molar-refractivity contribution in [3.05, 3.63) is 35.7 Å². The first-order chi connectivity index (χ1) is 7.36. The van der Waals surface area contributed by atoms with Gasteiger partial charge in [-0.25, -0.2) is 9.97 Å². The van der Waals surface area contributed by atoms with Gasteiger partial charge < -0.3 is 0 Å². The molecule has 0 radical (unpaired) electrons. The Hall–Kier alpha value is -1.77. The fourth-order valence-electron chi connectivity index (χ4n) is 1.71. The van der Waals surface area contributed by atoms with Crippen LogP contribution in [-0.2, 0) is 0 Å². The minimum absolute atomic E-state index is 0.600. The Morgan fingerprint density at radius 2 is 2.20 bits per heavy atom. The van der Waals surface area contributed by atoms with Gasteiger partial charge in [0, 0.05) is 28.8 Å². The summed E-state index contributed by atoms with van der Waals surface area (Å²) in [6.07, 6.45) is 4.86. The van der Waals surface area contributed by atoms with Crippen LogP contribution in [0.3, 0.4) is 0 Å². The van der Waals surface area contributed by atoms with Crippen molar-refractivity contribution in [1.29, 1.82) is 0 Å². The summed E-state index contributed by atoms with van der Waals surface area (Å²) in [6.45, 7) is 0. The molecule has 3 rings (SSSR count). The normalized spacial score (nSPS) is 15.5. The molecule has 3 heteroatoms. The predicted octanol–water partition coefficient (Wildman–Crippen LogP) is 2.32. The number of hydrogen-bond acceptors (Lipinski definition) is 3. The van der Waals surface area contributed by atoms with Crippen LogP contribution in [0.5, 0.6) is 0 Å². The highest BCUT2D eigenvalue weighted by Crippen LogP contribution is 2.39. The molecular formula is C12H10N2O. The van der Waals surface area contributed by atoms with Crippen molar-refractivity contribution >= 4 is 17.3 Å². The van der Waals surface area contributed by atoms with E-state index >= 15 is 0 Å². The molecule has 15 heavy (non-hydrogen) atoms. The first-order valence-corrected chi connectivity index (χ1v) is 5.09. The number of pyridine rings is 2. The van der Waals surface area contributed by atoms with E-state index in [0.29, 0.717) is 11.5 Å². The minimum atomic E-state index is 0.600. The van der Waals surface area contributed by atoms with Crippen LogP contribution in [0.15, 0.2) is 24.4 Å². The van der Waals surface area contributed by atoms with Crippen LogP contribution in [0.1, 0.15) is 34.8 Å². The van der Waals surface area contributed by atoms with Crippen molar-refractivity contribution in [2.75, 3.05) is 0 Å². The largest absolute Gasteiger partial charge is 0.298 e. The van der Waals surface area contributed by atoms with Gasteiger partial charge in [0.1, 0.15) is 0 Å². The molecule has 1 fully saturated rings. The molecular weight excluding hydrogens is 188 g/mol. The molecule has 0 aromatic carbocycles. The monoisotopic (exact) mass is 198 g/mol. The standard InChI is InChI=1S/C12H10N2O/c15-7-8-5-10-3-4-11(9-1-2-9)14-12(10)13-6-8/h3-7,9H,1-2H2. The van der Waals surface area contributed by atoms with Crippen LogP contribution in [-0.4, -0.2) is 16.3 Å². The lowest BCUT2D eigenvalue weighted by atomic mass is 10.2. The van der Waals surface area contributed by atoms with E-state index in [2.05, 4.69) is 9.97 Å². The van der Waals surface area contributed by atoms with Gasteiger partial charge in [0.15, 0.2) is 11.9 Å². The molecule has 3 nitrogen and oxygen atoms in total. The van der Waals surface area contributed by atoms with Crippen molar-refractivity contribution in [3.63, 3.8) is 0 Å². The van der Waals surface area contributed by atoms with Crippen LogP contribution in [0.25, 0.3) is 11.0 Å². The Bertz CT molecular complexity index is 532.